The number of H-pyrrole nitrogens is 1. The largest absolute Gasteiger partial charge is 0.481 e. The first-order chi connectivity index (χ1) is 13.1. The van der Waals surface area contributed by atoms with Gasteiger partial charge in [0, 0.05) is 37.5 Å². The molecule has 7 nitrogen and oxygen atoms in total. The Morgan fingerprint density at radius 3 is 2.78 bits per heavy atom. The number of halogens is 2. The minimum absolute atomic E-state index is 0.137. The Bertz CT molecular complexity index is 969. The van der Waals surface area contributed by atoms with Gasteiger partial charge in [0.25, 0.3) is 5.91 Å². The van der Waals surface area contributed by atoms with E-state index in [1.54, 1.807) is 17.3 Å². The number of nitrogens with one attached hydrogen (secondary N) is 1. The summed E-state index contributed by atoms with van der Waals surface area (Å²) < 4.78 is 31.7. The van der Waals surface area contributed by atoms with Gasteiger partial charge in [0.15, 0.2) is 23.8 Å². The molecule has 4 rings (SSSR count). The number of rotatable bonds is 4. The molecule has 0 radical (unpaired) electrons. The molecule has 3 heterocycles. The molecule has 1 aliphatic rings. The fourth-order valence-corrected chi connectivity index (χ4v) is 3.29. The lowest BCUT2D eigenvalue weighted by Gasteiger charge is -2.31. The highest BCUT2D eigenvalue weighted by Gasteiger charge is 2.27. The summed E-state index contributed by atoms with van der Waals surface area (Å²) in [5.41, 5.74) is 2.29. The van der Waals surface area contributed by atoms with Crippen LogP contribution in [0.15, 0.2) is 30.6 Å². The molecule has 1 aliphatic heterocycles. The molecule has 9 heteroatoms. The summed E-state index contributed by atoms with van der Waals surface area (Å²) in [5, 5.41) is 7.17. The lowest BCUT2D eigenvalue weighted by molar-refractivity contribution is -0.134. The molecule has 1 saturated heterocycles. The summed E-state index contributed by atoms with van der Waals surface area (Å²) in [6.07, 6.45) is 4.74. The highest BCUT2D eigenvalue weighted by Crippen LogP contribution is 2.30. The smallest absolute Gasteiger partial charge is 0.260 e. The summed E-state index contributed by atoms with van der Waals surface area (Å²) in [7, 11) is 0. The lowest BCUT2D eigenvalue weighted by Crippen LogP contribution is -2.40. The number of carbonyl (C=O) groups excluding carboxylic acids is 1. The Morgan fingerprint density at radius 1 is 1.22 bits per heavy atom. The van der Waals surface area contributed by atoms with Crippen LogP contribution >= 0.6 is 0 Å². The van der Waals surface area contributed by atoms with Gasteiger partial charge in [0.05, 0.1) is 5.69 Å². The summed E-state index contributed by atoms with van der Waals surface area (Å²) in [4.78, 5) is 22.5. The molecule has 2 aromatic heterocycles. The van der Waals surface area contributed by atoms with E-state index in [2.05, 4.69) is 20.2 Å². The van der Waals surface area contributed by atoms with Gasteiger partial charge >= 0.3 is 0 Å². The molecular weight excluding hydrogens is 356 g/mol. The van der Waals surface area contributed by atoms with Crippen molar-refractivity contribution in [1.29, 1.82) is 0 Å². The number of piperidine rings is 1. The second-order valence-electron chi connectivity index (χ2n) is 6.38. The van der Waals surface area contributed by atoms with Crippen molar-refractivity contribution in [1.82, 2.24) is 25.1 Å². The molecule has 27 heavy (non-hydrogen) atoms. The Balaban J connectivity index is 1.34. The molecule has 1 amide bonds. The Hall–Kier alpha value is -3.10. The summed E-state index contributed by atoms with van der Waals surface area (Å²) in [6.45, 7) is 0.824. The number of aromatic amines is 1. The van der Waals surface area contributed by atoms with Crippen LogP contribution in [-0.2, 0) is 4.79 Å². The average molecular weight is 373 g/mol. The van der Waals surface area contributed by atoms with Crippen molar-refractivity contribution < 1.29 is 18.3 Å². The van der Waals surface area contributed by atoms with E-state index in [-0.39, 0.29) is 24.2 Å². The van der Waals surface area contributed by atoms with E-state index in [1.165, 1.54) is 6.07 Å². The fraction of sp³-hybridized carbons (Fsp3) is 0.333. The van der Waals surface area contributed by atoms with E-state index in [4.69, 9.17) is 4.74 Å². The zero-order chi connectivity index (χ0) is 18.8. The molecule has 0 atom stereocenters. The standard InChI is InChI=1S/C18H17F2N5O2/c19-12-1-2-14(13(20)9-12)27-10-15(26)25-7-3-11(4-8-25)16-17-18(24-23-16)22-6-5-21-17/h1-2,5-6,9,11H,3-4,7-8,10H2,(H,22,23,24). The van der Waals surface area contributed by atoms with Crippen molar-refractivity contribution in [2.24, 2.45) is 0 Å². The summed E-state index contributed by atoms with van der Waals surface area (Å²) in [5.74, 6) is -1.67. The van der Waals surface area contributed by atoms with Crippen molar-refractivity contribution in [2.75, 3.05) is 19.7 Å². The van der Waals surface area contributed by atoms with Crippen LogP contribution in [0.4, 0.5) is 8.78 Å². The van der Waals surface area contributed by atoms with Gasteiger partial charge in [-0.2, -0.15) is 5.10 Å². The molecule has 0 unspecified atom stereocenters. The molecule has 140 valence electrons. The van der Waals surface area contributed by atoms with Gasteiger partial charge < -0.3 is 9.64 Å². The predicted molar refractivity (Wildman–Crippen MR) is 92.1 cm³/mol. The van der Waals surface area contributed by atoms with Gasteiger partial charge in [0.1, 0.15) is 11.3 Å². The van der Waals surface area contributed by atoms with Gasteiger partial charge in [-0.1, -0.05) is 0 Å². The molecule has 0 aliphatic carbocycles. The SMILES string of the molecule is O=C(COc1ccc(F)cc1F)N1CCC(c2[nH]nc3nccnc23)CC1. The third-order valence-electron chi connectivity index (χ3n) is 4.72. The normalized spacial score (nSPS) is 15.3. The van der Waals surface area contributed by atoms with Gasteiger partial charge in [-0.25, -0.2) is 18.7 Å². The molecular formula is C18H17F2N5O2. The summed E-state index contributed by atoms with van der Waals surface area (Å²) >= 11 is 0. The number of nitrogens with zero attached hydrogens (tertiary/aromatic N) is 4. The number of amides is 1. The Kier molecular flexibility index (Phi) is 4.66. The van der Waals surface area contributed by atoms with Crippen molar-refractivity contribution in [3.05, 3.63) is 47.9 Å². The first kappa shape index (κ1) is 17.3. The first-order valence-corrected chi connectivity index (χ1v) is 8.62. The predicted octanol–water partition coefficient (Wildman–Crippen LogP) is 2.42. The molecule has 1 fully saturated rings. The van der Waals surface area contributed by atoms with Gasteiger partial charge in [-0.3, -0.25) is 9.89 Å². The van der Waals surface area contributed by atoms with Crippen LogP contribution in [0.1, 0.15) is 24.5 Å². The topological polar surface area (TPSA) is 84.0 Å². The molecule has 0 spiro atoms. The lowest BCUT2D eigenvalue weighted by atomic mass is 9.93. The average Bonchev–Trinajstić information content (AvgIpc) is 3.11. The van der Waals surface area contributed by atoms with E-state index in [9.17, 15) is 13.6 Å². The maximum absolute atomic E-state index is 13.6. The van der Waals surface area contributed by atoms with Crippen LogP contribution in [0.25, 0.3) is 11.2 Å². The zero-order valence-electron chi connectivity index (χ0n) is 14.4. The molecule has 0 saturated carbocycles. The number of aromatic nitrogens is 4. The fourth-order valence-electron chi connectivity index (χ4n) is 3.29. The number of carbonyl (C=O) groups is 1. The Morgan fingerprint density at radius 2 is 2.00 bits per heavy atom. The highest BCUT2D eigenvalue weighted by molar-refractivity contribution is 5.78. The van der Waals surface area contributed by atoms with Crippen LogP contribution < -0.4 is 4.74 Å². The van der Waals surface area contributed by atoms with Crippen LogP contribution in [0.2, 0.25) is 0 Å². The minimum atomic E-state index is -0.825. The van der Waals surface area contributed by atoms with E-state index >= 15 is 0 Å². The molecule has 1 aromatic carbocycles. The summed E-state index contributed by atoms with van der Waals surface area (Å²) in [6, 6.07) is 2.99. The number of benzene rings is 1. The van der Waals surface area contributed by atoms with Crippen LogP contribution in [0.5, 0.6) is 5.75 Å². The maximum atomic E-state index is 13.6. The maximum Gasteiger partial charge on any atom is 0.260 e. The number of hydrogen-bond donors (Lipinski definition) is 1. The van der Waals surface area contributed by atoms with E-state index in [0.717, 1.165) is 36.2 Å². The Labute approximate surface area is 153 Å². The number of likely N-dealkylation sites (tertiary alicyclic amines) is 1. The minimum Gasteiger partial charge on any atom is -0.481 e. The first-order valence-electron chi connectivity index (χ1n) is 8.62. The third kappa shape index (κ3) is 3.57. The van der Waals surface area contributed by atoms with E-state index in [0.29, 0.717) is 18.7 Å². The zero-order valence-corrected chi connectivity index (χ0v) is 14.4. The molecule has 3 aromatic rings. The number of fused-ring (bicyclic) bond motifs is 1. The molecule has 1 N–H and O–H groups in total. The second-order valence-corrected chi connectivity index (χ2v) is 6.38. The van der Waals surface area contributed by atoms with Crippen molar-refractivity contribution >= 4 is 17.1 Å². The number of hydrogen-bond acceptors (Lipinski definition) is 5. The van der Waals surface area contributed by atoms with Gasteiger partial charge in [-0.05, 0) is 25.0 Å². The van der Waals surface area contributed by atoms with Crippen molar-refractivity contribution in [2.45, 2.75) is 18.8 Å². The van der Waals surface area contributed by atoms with Crippen molar-refractivity contribution in [3.63, 3.8) is 0 Å². The number of ether oxygens (including phenoxy) is 1. The second kappa shape index (κ2) is 7.26. The van der Waals surface area contributed by atoms with Crippen molar-refractivity contribution in [3.8, 4) is 5.75 Å². The van der Waals surface area contributed by atoms with Crippen LogP contribution in [-0.4, -0.2) is 50.7 Å². The highest BCUT2D eigenvalue weighted by atomic mass is 19.1. The van der Waals surface area contributed by atoms with Crippen LogP contribution in [0, 0.1) is 11.6 Å². The van der Waals surface area contributed by atoms with Gasteiger partial charge in [0.2, 0.25) is 0 Å². The molecule has 0 bridgehead atoms. The van der Waals surface area contributed by atoms with Crippen LogP contribution in [0.3, 0.4) is 0 Å². The van der Waals surface area contributed by atoms with Gasteiger partial charge in [-0.15, -0.1) is 0 Å². The third-order valence-corrected chi connectivity index (χ3v) is 4.72. The quantitative estimate of drug-likeness (QED) is 0.759. The monoisotopic (exact) mass is 373 g/mol. The van der Waals surface area contributed by atoms with E-state index in [1.807, 2.05) is 0 Å². The van der Waals surface area contributed by atoms with E-state index < -0.39 is 11.6 Å².